The molecule has 0 atom stereocenters. The Morgan fingerprint density at radius 1 is 1.19 bits per heavy atom. The number of amides is 2. The van der Waals surface area contributed by atoms with E-state index in [-0.39, 0.29) is 11.6 Å². The number of aromatic nitrogens is 1. The first kappa shape index (κ1) is 15.1. The van der Waals surface area contributed by atoms with Gasteiger partial charge in [0.1, 0.15) is 10.4 Å². The van der Waals surface area contributed by atoms with Gasteiger partial charge in [0.05, 0.1) is 11.3 Å². The summed E-state index contributed by atoms with van der Waals surface area (Å²) < 4.78 is 14.1. The largest absolute Gasteiger partial charge is 0.324 e. The van der Waals surface area contributed by atoms with Crippen LogP contribution in [0.2, 0.25) is 0 Å². The molecule has 1 aromatic carbocycles. The summed E-state index contributed by atoms with van der Waals surface area (Å²) in [6.07, 6.45) is 1.41. The fourth-order valence-electron chi connectivity index (χ4n) is 1.60. The topological polar surface area (TPSA) is 71.1 Å². The SMILES string of the molecule is CC(=O)Nc1cc(NC(=O)c2ccc(Br)nc2)ccc1F. The molecule has 2 rings (SSSR count). The zero-order chi connectivity index (χ0) is 15.4. The molecule has 108 valence electrons. The van der Waals surface area contributed by atoms with Crippen LogP contribution in [0.15, 0.2) is 41.1 Å². The Hall–Kier alpha value is -2.28. The van der Waals surface area contributed by atoms with Gasteiger partial charge in [-0.25, -0.2) is 9.37 Å². The summed E-state index contributed by atoms with van der Waals surface area (Å²) in [5, 5.41) is 4.96. The van der Waals surface area contributed by atoms with Crippen molar-refractivity contribution in [3.63, 3.8) is 0 Å². The highest BCUT2D eigenvalue weighted by Gasteiger charge is 2.09. The van der Waals surface area contributed by atoms with E-state index >= 15 is 0 Å². The molecule has 0 radical (unpaired) electrons. The number of carbonyl (C=O) groups excluding carboxylic acids is 2. The van der Waals surface area contributed by atoms with Crippen LogP contribution in [-0.4, -0.2) is 16.8 Å². The first-order valence-corrected chi connectivity index (χ1v) is 6.75. The number of rotatable bonds is 3. The molecule has 0 spiro atoms. The first-order chi connectivity index (χ1) is 9.95. The molecule has 21 heavy (non-hydrogen) atoms. The van der Waals surface area contributed by atoms with Crippen molar-refractivity contribution in [2.45, 2.75) is 6.92 Å². The molecular formula is C14H11BrFN3O2. The van der Waals surface area contributed by atoms with E-state index in [0.29, 0.717) is 15.9 Å². The number of nitrogens with one attached hydrogen (secondary N) is 2. The summed E-state index contributed by atoms with van der Waals surface area (Å²) in [4.78, 5) is 26.9. The van der Waals surface area contributed by atoms with Crippen molar-refractivity contribution < 1.29 is 14.0 Å². The van der Waals surface area contributed by atoms with Gasteiger partial charge in [-0.1, -0.05) is 0 Å². The van der Waals surface area contributed by atoms with E-state index in [1.165, 1.54) is 31.3 Å². The quantitative estimate of drug-likeness (QED) is 0.834. The van der Waals surface area contributed by atoms with Gasteiger partial charge in [0.2, 0.25) is 5.91 Å². The molecule has 0 saturated heterocycles. The summed E-state index contributed by atoms with van der Waals surface area (Å²) in [5.41, 5.74) is 0.742. The Bertz CT molecular complexity index is 689. The zero-order valence-electron chi connectivity index (χ0n) is 11.0. The Morgan fingerprint density at radius 3 is 2.57 bits per heavy atom. The van der Waals surface area contributed by atoms with Crippen LogP contribution >= 0.6 is 15.9 Å². The number of benzene rings is 1. The minimum absolute atomic E-state index is 0.00855. The molecule has 0 saturated carbocycles. The highest BCUT2D eigenvalue weighted by molar-refractivity contribution is 9.10. The van der Waals surface area contributed by atoms with Gasteiger partial charge in [0.25, 0.3) is 5.91 Å². The van der Waals surface area contributed by atoms with Crippen LogP contribution in [-0.2, 0) is 4.79 Å². The lowest BCUT2D eigenvalue weighted by atomic mass is 10.2. The fraction of sp³-hybridized carbons (Fsp3) is 0.0714. The van der Waals surface area contributed by atoms with Crippen molar-refractivity contribution in [1.82, 2.24) is 4.98 Å². The maximum Gasteiger partial charge on any atom is 0.257 e. The normalized spacial score (nSPS) is 10.0. The molecule has 0 aliphatic heterocycles. The predicted molar refractivity (Wildman–Crippen MR) is 80.6 cm³/mol. The van der Waals surface area contributed by atoms with E-state index in [0.717, 1.165) is 0 Å². The molecule has 0 aliphatic rings. The Labute approximate surface area is 128 Å². The maximum absolute atomic E-state index is 13.5. The van der Waals surface area contributed by atoms with Gasteiger partial charge in [0.15, 0.2) is 0 Å². The average molecular weight is 352 g/mol. The second-order valence-corrected chi connectivity index (χ2v) is 5.01. The summed E-state index contributed by atoms with van der Waals surface area (Å²) in [5.74, 6) is -1.35. The van der Waals surface area contributed by atoms with E-state index in [1.54, 1.807) is 12.1 Å². The number of hydrogen-bond donors (Lipinski definition) is 2. The minimum Gasteiger partial charge on any atom is -0.324 e. The Balaban J connectivity index is 2.17. The number of pyridine rings is 1. The van der Waals surface area contributed by atoms with Crippen molar-refractivity contribution in [3.05, 3.63) is 52.5 Å². The molecule has 7 heteroatoms. The van der Waals surface area contributed by atoms with Crippen LogP contribution < -0.4 is 10.6 Å². The third-order valence-corrected chi connectivity index (χ3v) is 2.99. The lowest BCUT2D eigenvalue weighted by Crippen LogP contribution is -2.13. The molecule has 5 nitrogen and oxygen atoms in total. The highest BCUT2D eigenvalue weighted by atomic mass is 79.9. The van der Waals surface area contributed by atoms with Crippen LogP contribution in [0.3, 0.4) is 0 Å². The first-order valence-electron chi connectivity index (χ1n) is 5.96. The van der Waals surface area contributed by atoms with Crippen LogP contribution in [0.1, 0.15) is 17.3 Å². The number of carbonyl (C=O) groups is 2. The molecule has 1 aromatic heterocycles. The minimum atomic E-state index is -0.575. The monoisotopic (exact) mass is 351 g/mol. The van der Waals surface area contributed by atoms with Gasteiger partial charge >= 0.3 is 0 Å². The van der Waals surface area contributed by atoms with Crippen LogP contribution in [0.5, 0.6) is 0 Å². The van der Waals surface area contributed by atoms with Crippen molar-refractivity contribution in [1.29, 1.82) is 0 Å². The standard InChI is InChI=1S/C14H11BrFN3O2/c1-8(20)18-12-6-10(3-4-11(12)16)19-14(21)9-2-5-13(15)17-7-9/h2-7H,1H3,(H,18,20)(H,19,21). The summed E-state index contributed by atoms with van der Waals surface area (Å²) in [7, 11) is 0. The molecule has 0 aliphatic carbocycles. The van der Waals surface area contributed by atoms with Gasteiger partial charge in [-0.15, -0.1) is 0 Å². The van der Waals surface area contributed by atoms with E-state index in [1.807, 2.05) is 0 Å². The number of halogens is 2. The van der Waals surface area contributed by atoms with Crippen molar-refractivity contribution >= 4 is 39.1 Å². The van der Waals surface area contributed by atoms with E-state index in [2.05, 4.69) is 31.5 Å². The summed E-state index contributed by atoms with van der Waals surface area (Å²) in [6.45, 7) is 1.28. The number of anilines is 2. The molecular weight excluding hydrogens is 341 g/mol. The molecule has 0 unspecified atom stereocenters. The van der Waals surface area contributed by atoms with Gasteiger partial charge in [0, 0.05) is 18.8 Å². The maximum atomic E-state index is 13.5. The Kier molecular flexibility index (Phi) is 4.64. The molecule has 1 heterocycles. The van der Waals surface area contributed by atoms with Gasteiger partial charge < -0.3 is 10.6 Å². The molecule has 2 aromatic rings. The second-order valence-electron chi connectivity index (χ2n) is 4.20. The third-order valence-electron chi connectivity index (χ3n) is 2.52. The summed E-state index contributed by atoms with van der Waals surface area (Å²) >= 11 is 3.18. The lowest BCUT2D eigenvalue weighted by molar-refractivity contribution is -0.114. The van der Waals surface area contributed by atoms with Crippen molar-refractivity contribution in [3.8, 4) is 0 Å². The van der Waals surface area contributed by atoms with Crippen molar-refractivity contribution in [2.24, 2.45) is 0 Å². The summed E-state index contributed by atoms with van der Waals surface area (Å²) in [6, 6.07) is 7.17. The van der Waals surface area contributed by atoms with Crippen LogP contribution in [0.4, 0.5) is 15.8 Å². The molecule has 2 amide bonds. The lowest BCUT2D eigenvalue weighted by Gasteiger charge is -2.09. The fourth-order valence-corrected chi connectivity index (χ4v) is 1.84. The molecule has 0 bridgehead atoms. The van der Waals surface area contributed by atoms with E-state index in [9.17, 15) is 14.0 Å². The smallest absolute Gasteiger partial charge is 0.257 e. The van der Waals surface area contributed by atoms with Crippen LogP contribution in [0.25, 0.3) is 0 Å². The molecule has 2 N–H and O–H groups in total. The van der Waals surface area contributed by atoms with Gasteiger partial charge in [-0.3, -0.25) is 9.59 Å². The predicted octanol–water partition coefficient (Wildman–Crippen LogP) is 3.19. The van der Waals surface area contributed by atoms with Crippen LogP contribution in [0, 0.1) is 5.82 Å². The highest BCUT2D eigenvalue weighted by Crippen LogP contribution is 2.20. The van der Waals surface area contributed by atoms with Crippen molar-refractivity contribution in [2.75, 3.05) is 10.6 Å². The average Bonchev–Trinajstić information content (AvgIpc) is 2.42. The van der Waals surface area contributed by atoms with Gasteiger partial charge in [-0.2, -0.15) is 0 Å². The Morgan fingerprint density at radius 2 is 1.95 bits per heavy atom. The number of hydrogen-bond acceptors (Lipinski definition) is 3. The number of nitrogens with zero attached hydrogens (tertiary/aromatic N) is 1. The second kappa shape index (κ2) is 6.45. The van der Waals surface area contributed by atoms with E-state index in [4.69, 9.17) is 0 Å². The van der Waals surface area contributed by atoms with Gasteiger partial charge in [-0.05, 0) is 46.3 Å². The molecule has 0 fully saturated rings. The zero-order valence-corrected chi connectivity index (χ0v) is 12.6. The third kappa shape index (κ3) is 4.09. The van der Waals surface area contributed by atoms with E-state index < -0.39 is 11.7 Å².